The van der Waals surface area contributed by atoms with Crippen LogP contribution in [-0.4, -0.2) is 31.3 Å². The lowest BCUT2D eigenvalue weighted by atomic mass is 10.2. The van der Waals surface area contributed by atoms with E-state index in [-0.39, 0.29) is 0 Å². The van der Waals surface area contributed by atoms with Crippen LogP contribution < -0.4 is 10.1 Å². The van der Waals surface area contributed by atoms with Gasteiger partial charge in [-0.15, -0.1) is 0 Å². The van der Waals surface area contributed by atoms with E-state index >= 15 is 0 Å². The molecule has 0 aliphatic heterocycles. The number of aromatic nitrogens is 1. The number of hydrogen-bond acceptors (Lipinski definition) is 4. The number of methoxy groups -OCH3 is 2. The second-order valence-electron chi connectivity index (χ2n) is 4.83. The topological polar surface area (TPSA) is 43.4 Å². The first kappa shape index (κ1) is 13.3. The molecule has 1 aromatic rings. The molecular weight excluding hydrogens is 228 g/mol. The van der Waals surface area contributed by atoms with Crippen LogP contribution in [0.5, 0.6) is 5.75 Å². The van der Waals surface area contributed by atoms with Gasteiger partial charge < -0.3 is 14.8 Å². The summed E-state index contributed by atoms with van der Waals surface area (Å²) in [7, 11) is 3.47. The molecule has 1 aromatic heterocycles. The van der Waals surface area contributed by atoms with Crippen LogP contribution in [0.4, 0.5) is 0 Å². The maximum atomic E-state index is 5.47. The minimum Gasteiger partial charge on any atom is -0.497 e. The van der Waals surface area contributed by atoms with E-state index in [0.29, 0.717) is 12.1 Å². The SMILES string of the molecule is COc1cc(C)nc(CNC2CCCC2OC)c1. The van der Waals surface area contributed by atoms with Gasteiger partial charge in [0.25, 0.3) is 0 Å². The van der Waals surface area contributed by atoms with E-state index in [9.17, 15) is 0 Å². The van der Waals surface area contributed by atoms with Crippen LogP contribution in [0.2, 0.25) is 0 Å². The fraction of sp³-hybridized carbons (Fsp3) is 0.643. The van der Waals surface area contributed by atoms with Gasteiger partial charge in [0.05, 0.1) is 18.9 Å². The summed E-state index contributed by atoms with van der Waals surface area (Å²) >= 11 is 0. The first-order chi connectivity index (χ1) is 8.72. The fourth-order valence-electron chi connectivity index (χ4n) is 2.59. The lowest BCUT2D eigenvalue weighted by Crippen LogP contribution is -2.36. The molecule has 1 N–H and O–H groups in total. The van der Waals surface area contributed by atoms with E-state index in [2.05, 4.69) is 10.3 Å². The monoisotopic (exact) mass is 250 g/mol. The van der Waals surface area contributed by atoms with Crippen molar-refractivity contribution in [1.82, 2.24) is 10.3 Å². The molecule has 0 amide bonds. The number of rotatable bonds is 5. The molecule has 1 heterocycles. The zero-order chi connectivity index (χ0) is 13.0. The maximum absolute atomic E-state index is 5.47. The van der Waals surface area contributed by atoms with Gasteiger partial charge in [0, 0.05) is 37.5 Å². The summed E-state index contributed by atoms with van der Waals surface area (Å²) in [6.45, 7) is 2.75. The largest absolute Gasteiger partial charge is 0.497 e. The van der Waals surface area contributed by atoms with E-state index in [1.54, 1.807) is 14.2 Å². The van der Waals surface area contributed by atoms with Gasteiger partial charge in [-0.05, 0) is 26.2 Å². The predicted molar refractivity (Wildman–Crippen MR) is 70.8 cm³/mol. The number of hydrogen-bond donors (Lipinski definition) is 1. The second kappa shape index (κ2) is 6.16. The summed E-state index contributed by atoms with van der Waals surface area (Å²) in [5.74, 6) is 0.869. The maximum Gasteiger partial charge on any atom is 0.122 e. The van der Waals surface area contributed by atoms with Crippen molar-refractivity contribution in [1.29, 1.82) is 0 Å². The molecule has 2 unspecified atom stereocenters. The molecule has 1 saturated carbocycles. The molecule has 1 aliphatic carbocycles. The minimum absolute atomic E-state index is 0.344. The molecule has 4 nitrogen and oxygen atoms in total. The molecule has 18 heavy (non-hydrogen) atoms. The van der Waals surface area contributed by atoms with Gasteiger partial charge in [-0.2, -0.15) is 0 Å². The fourth-order valence-corrected chi connectivity index (χ4v) is 2.59. The average molecular weight is 250 g/mol. The molecule has 1 aliphatic rings. The number of nitrogens with one attached hydrogen (secondary N) is 1. The van der Waals surface area contributed by atoms with Gasteiger partial charge in [-0.25, -0.2) is 0 Å². The first-order valence-corrected chi connectivity index (χ1v) is 6.50. The van der Waals surface area contributed by atoms with E-state index in [1.807, 2.05) is 19.1 Å². The minimum atomic E-state index is 0.344. The van der Waals surface area contributed by atoms with Crippen molar-refractivity contribution in [2.24, 2.45) is 0 Å². The molecule has 2 rings (SSSR count). The van der Waals surface area contributed by atoms with E-state index in [0.717, 1.165) is 30.1 Å². The van der Waals surface area contributed by atoms with Crippen molar-refractivity contribution < 1.29 is 9.47 Å². The van der Waals surface area contributed by atoms with E-state index in [1.165, 1.54) is 12.8 Å². The van der Waals surface area contributed by atoms with Crippen molar-refractivity contribution in [2.45, 2.75) is 44.9 Å². The highest BCUT2D eigenvalue weighted by molar-refractivity contribution is 5.26. The van der Waals surface area contributed by atoms with Crippen LogP contribution in [0.15, 0.2) is 12.1 Å². The number of aryl methyl sites for hydroxylation is 1. The lowest BCUT2D eigenvalue weighted by molar-refractivity contribution is 0.0846. The van der Waals surface area contributed by atoms with Gasteiger partial charge in [0.1, 0.15) is 5.75 Å². The van der Waals surface area contributed by atoms with Gasteiger partial charge >= 0.3 is 0 Å². The van der Waals surface area contributed by atoms with Crippen LogP contribution in [-0.2, 0) is 11.3 Å². The lowest BCUT2D eigenvalue weighted by Gasteiger charge is -2.19. The standard InChI is InChI=1S/C14H22N2O2/c1-10-7-12(17-2)8-11(16-10)9-15-13-5-4-6-14(13)18-3/h7-8,13-15H,4-6,9H2,1-3H3. The van der Waals surface area contributed by atoms with Crippen LogP contribution in [0.25, 0.3) is 0 Å². The van der Waals surface area contributed by atoms with Crippen LogP contribution >= 0.6 is 0 Å². The quantitative estimate of drug-likeness (QED) is 0.868. The van der Waals surface area contributed by atoms with Gasteiger partial charge in [-0.1, -0.05) is 0 Å². The summed E-state index contributed by atoms with van der Waals surface area (Å²) < 4.78 is 10.7. The molecule has 0 bridgehead atoms. The van der Waals surface area contributed by atoms with Crippen molar-refractivity contribution in [3.8, 4) is 5.75 Å². The third-order valence-electron chi connectivity index (χ3n) is 3.52. The summed E-state index contributed by atoms with van der Waals surface area (Å²) in [4.78, 5) is 4.51. The average Bonchev–Trinajstić information content (AvgIpc) is 2.83. The number of nitrogens with zero attached hydrogens (tertiary/aromatic N) is 1. The molecule has 0 aromatic carbocycles. The molecule has 4 heteroatoms. The Hall–Kier alpha value is -1.13. The second-order valence-corrected chi connectivity index (χ2v) is 4.83. The van der Waals surface area contributed by atoms with E-state index < -0.39 is 0 Å². The van der Waals surface area contributed by atoms with Crippen LogP contribution in [0, 0.1) is 6.92 Å². The van der Waals surface area contributed by atoms with Gasteiger partial charge in [-0.3, -0.25) is 4.98 Å². The van der Waals surface area contributed by atoms with Crippen molar-refractivity contribution in [2.75, 3.05) is 14.2 Å². The third-order valence-corrected chi connectivity index (χ3v) is 3.52. The Bertz CT molecular complexity index is 395. The highest BCUT2D eigenvalue weighted by Gasteiger charge is 2.26. The highest BCUT2D eigenvalue weighted by atomic mass is 16.5. The van der Waals surface area contributed by atoms with Crippen molar-refractivity contribution in [3.05, 3.63) is 23.5 Å². The summed E-state index contributed by atoms with van der Waals surface area (Å²) in [5.41, 5.74) is 2.01. The molecule has 100 valence electrons. The van der Waals surface area contributed by atoms with Crippen molar-refractivity contribution in [3.63, 3.8) is 0 Å². The molecule has 2 atom stereocenters. The predicted octanol–water partition coefficient (Wildman–Crippen LogP) is 2.06. The molecule has 0 radical (unpaired) electrons. The molecule has 1 fully saturated rings. The Labute approximate surface area is 109 Å². The Kier molecular flexibility index (Phi) is 4.55. The Morgan fingerprint density at radius 3 is 2.89 bits per heavy atom. The molecule has 0 saturated heterocycles. The molecular formula is C14H22N2O2. The Morgan fingerprint density at radius 1 is 1.33 bits per heavy atom. The van der Waals surface area contributed by atoms with Crippen LogP contribution in [0.3, 0.4) is 0 Å². The van der Waals surface area contributed by atoms with Crippen molar-refractivity contribution >= 4 is 0 Å². The highest BCUT2D eigenvalue weighted by Crippen LogP contribution is 2.22. The third kappa shape index (κ3) is 3.21. The Morgan fingerprint density at radius 2 is 2.17 bits per heavy atom. The van der Waals surface area contributed by atoms with E-state index in [4.69, 9.17) is 9.47 Å². The zero-order valence-electron chi connectivity index (χ0n) is 11.4. The summed E-state index contributed by atoms with van der Waals surface area (Å²) in [6, 6.07) is 4.37. The summed E-state index contributed by atoms with van der Waals surface area (Å²) in [6.07, 6.45) is 3.91. The normalized spacial score (nSPS) is 23.3. The molecule has 0 spiro atoms. The van der Waals surface area contributed by atoms with Gasteiger partial charge in [0.15, 0.2) is 0 Å². The number of pyridine rings is 1. The zero-order valence-corrected chi connectivity index (χ0v) is 11.4. The first-order valence-electron chi connectivity index (χ1n) is 6.50. The summed E-state index contributed by atoms with van der Waals surface area (Å²) in [5, 5.41) is 3.53. The smallest absolute Gasteiger partial charge is 0.122 e. The Balaban J connectivity index is 1.95. The van der Waals surface area contributed by atoms with Gasteiger partial charge in [0.2, 0.25) is 0 Å². The number of ether oxygens (including phenoxy) is 2. The van der Waals surface area contributed by atoms with Crippen LogP contribution in [0.1, 0.15) is 30.7 Å².